The standard InChI is InChI=1S/C12H16N4O2S/c1-2-19(17,18)16-11-5-3-10(4-6-11)15-9-12-13-7-8-14-12/h3-8,15-16H,2,9H2,1H3,(H,13,14). The molecule has 0 aliphatic heterocycles. The van der Waals surface area contributed by atoms with Crippen LogP contribution in [0.2, 0.25) is 0 Å². The van der Waals surface area contributed by atoms with E-state index in [9.17, 15) is 8.42 Å². The number of nitrogens with zero attached hydrogens (tertiary/aromatic N) is 1. The predicted molar refractivity (Wildman–Crippen MR) is 75.4 cm³/mol. The fraction of sp³-hybridized carbons (Fsp3) is 0.250. The second-order valence-electron chi connectivity index (χ2n) is 3.97. The first-order chi connectivity index (χ1) is 9.09. The average Bonchev–Trinajstić information content (AvgIpc) is 2.91. The minimum atomic E-state index is -3.22. The van der Waals surface area contributed by atoms with Crippen LogP contribution in [0.5, 0.6) is 0 Å². The van der Waals surface area contributed by atoms with Gasteiger partial charge in [-0.25, -0.2) is 13.4 Å². The molecular formula is C12H16N4O2S. The first kappa shape index (κ1) is 13.4. The summed E-state index contributed by atoms with van der Waals surface area (Å²) in [6, 6.07) is 7.07. The Hall–Kier alpha value is -2.02. The number of aromatic amines is 1. The Morgan fingerprint density at radius 2 is 1.89 bits per heavy atom. The number of hydrogen-bond donors (Lipinski definition) is 3. The van der Waals surface area contributed by atoms with Crippen molar-refractivity contribution >= 4 is 21.4 Å². The van der Waals surface area contributed by atoms with Gasteiger partial charge in [-0.2, -0.15) is 0 Å². The van der Waals surface area contributed by atoms with Gasteiger partial charge in [0.25, 0.3) is 0 Å². The van der Waals surface area contributed by atoms with Crippen LogP contribution >= 0.6 is 0 Å². The lowest BCUT2D eigenvalue weighted by Gasteiger charge is -2.08. The molecule has 6 nitrogen and oxygen atoms in total. The second kappa shape index (κ2) is 5.75. The van der Waals surface area contributed by atoms with Crippen LogP contribution in [0.15, 0.2) is 36.7 Å². The Bertz CT molecular complexity index is 606. The SMILES string of the molecule is CCS(=O)(=O)Nc1ccc(NCc2ncc[nH]2)cc1. The molecule has 0 aliphatic carbocycles. The number of aromatic nitrogens is 2. The van der Waals surface area contributed by atoms with E-state index in [1.807, 2.05) is 12.1 Å². The molecule has 0 unspecified atom stereocenters. The van der Waals surface area contributed by atoms with Gasteiger partial charge in [0.1, 0.15) is 5.82 Å². The topological polar surface area (TPSA) is 86.9 Å². The minimum absolute atomic E-state index is 0.0610. The zero-order chi connectivity index (χ0) is 13.7. The maximum Gasteiger partial charge on any atom is 0.232 e. The molecule has 0 aliphatic rings. The normalized spacial score (nSPS) is 11.2. The molecule has 7 heteroatoms. The molecule has 0 spiro atoms. The fourth-order valence-corrected chi connectivity index (χ4v) is 2.13. The molecule has 1 aromatic carbocycles. The summed E-state index contributed by atoms with van der Waals surface area (Å²) < 4.78 is 25.3. The van der Waals surface area contributed by atoms with E-state index < -0.39 is 10.0 Å². The van der Waals surface area contributed by atoms with Crippen molar-refractivity contribution in [3.05, 3.63) is 42.5 Å². The van der Waals surface area contributed by atoms with Crippen molar-refractivity contribution in [3.8, 4) is 0 Å². The molecule has 0 saturated heterocycles. The molecule has 0 amide bonds. The molecule has 1 aromatic heterocycles. The van der Waals surface area contributed by atoms with Gasteiger partial charge < -0.3 is 10.3 Å². The summed E-state index contributed by atoms with van der Waals surface area (Å²) in [6.45, 7) is 2.19. The Kier molecular flexibility index (Phi) is 4.06. The zero-order valence-electron chi connectivity index (χ0n) is 10.6. The van der Waals surface area contributed by atoms with Gasteiger partial charge in [0.05, 0.1) is 12.3 Å². The highest BCUT2D eigenvalue weighted by atomic mass is 32.2. The second-order valence-corrected chi connectivity index (χ2v) is 5.98. The Labute approximate surface area is 112 Å². The molecule has 2 rings (SSSR count). The summed E-state index contributed by atoms with van der Waals surface area (Å²) in [5.74, 6) is 0.904. The van der Waals surface area contributed by atoms with Crippen LogP contribution in [0.3, 0.4) is 0 Å². The number of anilines is 2. The highest BCUT2D eigenvalue weighted by Crippen LogP contribution is 2.15. The maximum atomic E-state index is 11.4. The third-order valence-electron chi connectivity index (χ3n) is 2.55. The Morgan fingerprint density at radius 1 is 1.21 bits per heavy atom. The Balaban J connectivity index is 1.95. The molecule has 1 heterocycles. The third-order valence-corrected chi connectivity index (χ3v) is 3.86. The van der Waals surface area contributed by atoms with Gasteiger partial charge in [0, 0.05) is 23.8 Å². The number of imidazole rings is 1. The highest BCUT2D eigenvalue weighted by molar-refractivity contribution is 7.92. The first-order valence-electron chi connectivity index (χ1n) is 5.92. The highest BCUT2D eigenvalue weighted by Gasteiger charge is 2.06. The molecule has 0 fully saturated rings. The van der Waals surface area contributed by atoms with Gasteiger partial charge in [-0.05, 0) is 31.2 Å². The monoisotopic (exact) mass is 280 g/mol. The van der Waals surface area contributed by atoms with Gasteiger partial charge >= 0.3 is 0 Å². The largest absolute Gasteiger partial charge is 0.378 e. The number of nitrogens with one attached hydrogen (secondary N) is 3. The van der Waals surface area contributed by atoms with Gasteiger partial charge in [0.15, 0.2) is 0 Å². The van der Waals surface area contributed by atoms with Crippen LogP contribution in [0.4, 0.5) is 11.4 Å². The van der Waals surface area contributed by atoms with Crippen LogP contribution in [-0.2, 0) is 16.6 Å². The van der Waals surface area contributed by atoms with Crippen LogP contribution in [-0.4, -0.2) is 24.1 Å². The summed E-state index contributed by atoms with van der Waals surface area (Å²) >= 11 is 0. The van der Waals surface area contributed by atoms with Crippen molar-refractivity contribution in [1.82, 2.24) is 9.97 Å². The van der Waals surface area contributed by atoms with E-state index in [0.29, 0.717) is 12.2 Å². The van der Waals surface area contributed by atoms with Crippen LogP contribution in [0.1, 0.15) is 12.7 Å². The summed E-state index contributed by atoms with van der Waals surface area (Å²) in [5.41, 5.74) is 1.46. The van der Waals surface area contributed by atoms with Crippen molar-refractivity contribution in [2.45, 2.75) is 13.5 Å². The van der Waals surface area contributed by atoms with Gasteiger partial charge in [-0.1, -0.05) is 0 Å². The van der Waals surface area contributed by atoms with Crippen molar-refractivity contribution in [1.29, 1.82) is 0 Å². The van der Waals surface area contributed by atoms with E-state index in [4.69, 9.17) is 0 Å². The summed E-state index contributed by atoms with van der Waals surface area (Å²) in [4.78, 5) is 7.09. The molecule has 102 valence electrons. The molecule has 0 bridgehead atoms. The van der Waals surface area contributed by atoms with E-state index >= 15 is 0 Å². The quantitative estimate of drug-likeness (QED) is 0.752. The molecule has 19 heavy (non-hydrogen) atoms. The lowest BCUT2D eigenvalue weighted by Crippen LogP contribution is -2.14. The molecule has 0 atom stereocenters. The van der Waals surface area contributed by atoms with Crippen LogP contribution in [0.25, 0.3) is 0 Å². The van der Waals surface area contributed by atoms with E-state index in [1.54, 1.807) is 31.5 Å². The lowest BCUT2D eigenvalue weighted by molar-refractivity contribution is 0.602. The zero-order valence-corrected chi connectivity index (χ0v) is 11.4. The van der Waals surface area contributed by atoms with Crippen LogP contribution < -0.4 is 10.0 Å². The van der Waals surface area contributed by atoms with E-state index in [1.165, 1.54) is 0 Å². The molecule has 0 saturated carbocycles. The minimum Gasteiger partial charge on any atom is -0.378 e. The lowest BCUT2D eigenvalue weighted by atomic mass is 10.3. The third kappa shape index (κ3) is 3.99. The summed E-state index contributed by atoms with van der Waals surface area (Å²) in [5, 5.41) is 3.18. The predicted octanol–water partition coefficient (Wildman–Crippen LogP) is 1.78. The number of sulfonamides is 1. The average molecular weight is 280 g/mol. The molecule has 3 N–H and O–H groups in total. The van der Waals surface area contributed by atoms with E-state index in [2.05, 4.69) is 20.0 Å². The smallest absolute Gasteiger partial charge is 0.232 e. The van der Waals surface area contributed by atoms with Crippen molar-refractivity contribution in [2.24, 2.45) is 0 Å². The molecule has 2 aromatic rings. The van der Waals surface area contributed by atoms with Gasteiger partial charge in [0.2, 0.25) is 10.0 Å². The molecular weight excluding hydrogens is 264 g/mol. The molecule has 0 radical (unpaired) electrons. The van der Waals surface area contributed by atoms with Gasteiger partial charge in [-0.15, -0.1) is 0 Å². The van der Waals surface area contributed by atoms with Crippen molar-refractivity contribution < 1.29 is 8.42 Å². The van der Waals surface area contributed by atoms with Gasteiger partial charge in [-0.3, -0.25) is 4.72 Å². The Morgan fingerprint density at radius 3 is 2.47 bits per heavy atom. The first-order valence-corrected chi connectivity index (χ1v) is 7.57. The number of hydrogen-bond acceptors (Lipinski definition) is 4. The van der Waals surface area contributed by atoms with Crippen molar-refractivity contribution in [3.63, 3.8) is 0 Å². The van der Waals surface area contributed by atoms with Crippen LogP contribution in [0, 0.1) is 0 Å². The maximum absolute atomic E-state index is 11.4. The van der Waals surface area contributed by atoms with E-state index in [0.717, 1.165) is 11.5 Å². The summed E-state index contributed by atoms with van der Waals surface area (Å²) in [7, 11) is -3.22. The van der Waals surface area contributed by atoms with Crippen molar-refractivity contribution in [2.75, 3.05) is 15.8 Å². The fourth-order valence-electron chi connectivity index (χ4n) is 1.49. The number of H-pyrrole nitrogens is 1. The van der Waals surface area contributed by atoms with E-state index in [-0.39, 0.29) is 5.75 Å². The summed E-state index contributed by atoms with van der Waals surface area (Å²) in [6.07, 6.45) is 3.46. The number of benzene rings is 1. The number of rotatable bonds is 6.